The molecule has 0 N–H and O–H groups in total. The fourth-order valence-corrected chi connectivity index (χ4v) is 36.1. The summed E-state index contributed by atoms with van der Waals surface area (Å²) in [5.41, 5.74) is 7.23. The smallest absolute Gasteiger partial charge is 0.273 e. The van der Waals surface area contributed by atoms with Gasteiger partial charge >= 0.3 is 133 Å². The van der Waals surface area contributed by atoms with Crippen LogP contribution in [-0.2, 0) is 9.47 Å². The molecule has 2 saturated heterocycles. The van der Waals surface area contributed by atoms with Crippen LogP contribution < -0.4 is 13.2 Å². The summed E-state index contributed by atoms with van der Waals surface area (Å²) in [4.78, 5) is 25.1. The molecule has 0 bridgehead atoms. The molecule has 10 rings (SSSR count). The first kappa shape index (κ1) is 67.7. The van der Waals surface area contributed by atoms with Crippen LogP contribution in [0.3, 0.4) is 0 Å². The normalized spacial score (nSPS) is 20.8. The molecule has 4 fully saturated rings. The Morgan fingerprint density at radius 2 is 1.01 bits per heavy atom. The summed E-state index contributed by atoms with van der Waals surface area (Å²) < 4.78 is 34.0. The molecule has 466 valence electrons. The van der Waals surface area contributed by atoms with Crippen LogP contribution in [0.4, 0.5) is 0 Å². The number of halogens is 1. The van der Waals surface area contributed by atoms with E-state index in [1.165, 1.54) is 139 Å². The fourth-order valence-electron chi connectivity index (χ4n) is 13.2. The molecule has 0 amide bonds. The third kappa shape index (κ3) is 15.8. The number of rotatable bonds is 19. The first-order valence-corrected chi connectivity index (χ1v) is 48.3. The van der Waals surface area contributed by atoms with E-state index in [0.717, 1.165) is 80.8 Å². The number of unbranched alkanes of at least 4 members (excludes halogenated alkanes) is 3. The van der Waals surface area contributed by atoms with Gasteiger partial charge in [0, 0.05) is 89.2 Å². The zero-order valence-corrected chi connectivity index (χ0v) is 62.6. The molecular weight excluding hydrogens is 1290 g/mol. The number of methoxy groups -OCH3 is 2. The Morgan fingerprint density at radius 1 is 0.595 bits per heavy atom. The van der Waals surface area contributed by atoms with Gasteiger partial charge in [-0.15, -0.1) is 0 Å². The van der Waals surface area contributed by atoms with E-state index in [1.807, 2.05) is 0 Å². The van der Waals surface area contributed by atoms with Crippen LogP contribution in [-0.4, -0.2) is 152 Å². The molecule has 0 unspecified atom stereocenters. The van der Waals surface area contributed by atoms with Crippen molar-refractivity contribution in [2.75, 3.05) is 66.8 Å². The molecule has 6 aromatic heterocycles. The van der Waals surface area contributed by atoms with Gasteiger partial charge in [0.1, 0.15) is 11.3 Å². The standard InChI is InChI=1S/C27H40N4O2SSi.C23H36BrN3OSi.C4H4NOS.3C4H9.Sn/c1-27(2,3)35(5,6)31-17-23(24-18-34-26(29-24)32-4)22-15-20(16-28-25(22)31)19-7-9-21(10-8-19)30-11-13-33-14-12-30;1-23(2,3)29(4,5)27-16-21(24)20-14-18(15-25-22(20)27)17-6-8-19(9-7-17)26-10-12-28-13-11-26;1-6-4-5-2-3-7-4;3*1-3-4-2;/h15-19,21H,7-14H2,1-6H3;14-17,19H,6-13H2,1-5H3;3H,1H3;3*1,3-4H2,2H3;. The van der Waals surface area contributed by atoms with Gasteiger partial charge in [-0.25, -0.2) is 15.0 Å². The van der Waals surface area contributed by atoms with E-state index in [2.05, 4.69) is 170 Å². The van der Waals surface area contributed by atoms with Crippen molar-refractivity contribution in [1.82, 2.24) is 38.2 Å². The van der Waals surface area contributed by atoms with Gasteiger partial charge in [0.2, 0.25) is 0 Å². The second-order valence-electron chi connectivity index (χ2n) is 28.0. The summed E-state index contributed by atoms with van der Waals surface area (Å²) in [6, 6.07) is 6.30. The van der Waals surface area contributed by atoms with Crippen molar-refractivity contribution in [3.63, 3.8) is 0 Å². The van der Waals surface area contributed by atoms with Gasteiger partial charge in [-0.3, -0.25) is 9.80 Å². The quantitative estimate of drug-likeness (QED) is 0.0728. The van der Waals surface area contributed by atoms with Gasteiger partial charge in [0.25, 0.3) is 5.19 Å². The minimum atomic E-state index is -2.28. The molecule has 6 aromatic rings. The number of morpholine rings is 2. The number of hydrogen-bond donors (Lipinski definition) is 0. The van der Waals surface area contributed by atoms with Crippen molar-refractivity contribution >= 4 is 99.2 Å². The maximum absolute atomic E-state index is 5.56. The largest absolute Gasteiger partial charge is 0.473 e. The zero-order chi connectivity index (χ0) is 60.5. The van der Waals surface area contributed by atoms with Crippen molar-refractivity contribution in [3.05, 3.63) is 63.3 Å². The van der Waals surface area contributed by atoms with E-state index >= 15 is 0 Å². The Morgan fingerprint density at radius 3 is 1.43 bits per heavy atom. The van der Waals surface area contributed by atoms with Crippen molar-refractivity contribution in [1.29, 1.82) is 0 Å². The average Bonchev–Trinajstić information content (AvgIpc) is 3.21. The van der Waals surface area contributed by atoms with E-state index < -0.39 is 34.8 Å². The summed E-state index contributed by atoms with van der Waals surface area (Å²) in [6.45, 7) is 38.9. The molecule has 18 heteroatoms. The predicted octanol–water partition coefficient (Wildman–Crippen LogP) is 17.6. The number of hydrogen-bond acceptors (Lipinski definition) is 12. The van der Waals surface area contributed by atoms with Crippen LogP contribution in [0.15, 0.2) is 52.2 Å². The second kappa shape index (κ2) is 30.1. The first-order chi connectivity index (χ1) is 40.1. The molecular formula is C66H107BrN8O4S2Si2Sn. The molecule has 8 heterocycles. The molecule has 0 aromatic carbocycles. The van der Waals surface area contributed by atoms with Crippen LogP contribution >= 0.6 is 38.6 Å². The minimum absolute atomic E-state index is 0.203. The van der Waals surface area contributed by atoms with Crippen LogP contribution in [0.5, 0.6) is 10.4 Å². The van der Waals surface area contributed by atoms with Gasteiger partial charge in [-0.05, 0) is 112 Å². The Balaban J connectivity index is 0.000000171. The Kier molecular flexibility index (Phi) is 24.2. The third-order valence-electron chi connectivity index (χ3n) is 20.8. The molecule has 84 heavy (non-hydrogen) atoms. The summed E-state index contributed by atoms with van der Waals surface area (Å²) >= 11 is 4.81. The third-order valence-corrected chi connectivity index (χ3v) is 49.1. The number of ether oxygens (including phenoxy) is 4. The molecule has 2 aliphatic heterocycles. The zero-order valence-electron chi connectivity index (χ0n) is 54.5. The monoisotopic (exact) mass is 1390 g/mol. The number of thiazole rings is 2. The molecule has 12 nitrogen and oxygen atoms in total. The number of pyridine rings is 2. The van der Waals surface area contributed by atoms with Gasteiger partial charge in [0.15, 0.2) is 16.5 Å². The fraction of sp³-hybridized carbons (Fsp3) is 0.697. The van der Waals surface area contributed by atoms with Crippen molar-refractivity contribution < 1.29 is 18.9 Å². The summed E-state index contributed by atoms with van der Waals surface area (Å²) in [7, 11) is -0.134. The van der Waals surface area contributed by atoms with E-state index in [0.29, 0.717) is 23.1 Å². The number of nitrogens with zero attached hydrogens (tertiary/aromatic N) is 8. The average molecular weight is 1400 g/mol. The van der Waals surface area contributed by atoms with Gasteiger partial charge in [-0.1, -0.05) is 79.1 Å². The van der Waals surface area contributed by atoms with Crippen LogP contribution in [0.1, 0.15) is 175 Å². The number of fused-ring (bicyclic) bond motifs is 2. The van der Waals surface area contributed by atoms with E-state index in [4.69, 9.17) is 38.9 Å². The summed E-state index contributed by atoms with van der Waals surface area (Å²) in [5, 5.41) is 9.01. The SMILES string of the molecule is CC(C)(C)[Si](C)(C)n1cc(Br)c2cc(C3CCC(N4CCOCC4)CC3)cnc21.CCC[CH2][Sn]([CH2]CCC)([CH2]CCC)[c]1csc(OC)n1.COc1nc(-c2cn([Si](C)(C)C(C)(C)C)c3ncc(C4CCC(N5CCOCC5)CC4)cc23)cs1. The molecule has 0 spiro atoms. The Hall–Kier alpha value is -2.21. The van der Waals surface area contributed by atoms with Crippen molar-refractivity contribution in [3.8, 4) is 21.6 Å². The van der Waals surface area contributed by atoms with Crippen LogP contribution in [0, 0.1) is 0 Å². The van der Waals surface area contributed by atoms with E-state index in [9.17, 15) is 0 Å². The number of aromatic nitrogens is 6. The summed E-state index contributed by atoms with van der Waals surface area (Å²) in [5.74, 6) is 1.23. The molecule has 2 saturated carbocycles. The molecule has 2 aliphatic carbocycles. The maximum atomic E-state index is 5.56. The van der Waals surface area contributed by atoms with Crippen LogP contribution in [0.25, 0.3) is 33.3 Å². The molecule has 0 atom stereocenters. The second-order valence-corrected chi connectivity index (χ2v) is 53.7. The Labute approximate surface area is 529 Å². The summed E-state index contributed by atoms with van der Waals surface area (Å²) in [6.07, 6.45) is 27.2. The van der Waals surface area contributed by atoms with Gasteiger partial charge in [-0.2, -0.15) is 0 Å². The van der Waals surface area contributed by atoms with Gasteiger partial charge < -0.3 is 22.7 Å². The van der Waals surface area contributed by atoms with Crippen molar-refractivity contribution in [2.24, 2.45) is 0 Å². The topological polar surface area (TPSA) is 105 Å². The molecule has 4 aliphatic rings. The minimum Gasteiger partial charge on any atom is -0.473 e. The van der Waals surface area contributed by atoms with Gasteiger partial charge in [0.05, 0.1) is 39.2 Å². The maximum Gasteiger partial charge on any atom is 0.273 e. The van der Waals surface area contributed by atoms with E-state index in [-0.39, 0.29) is 10.1 Å². The first-order valence-electron chi connectivity index (χ1n) is 32.4. The van der Waals surface area contributed by atoms with E-state index in [1.54, 1.807) is 36.9 Å². The Bertz CT molecular complexity index is 2970. The molecule has 0 radical (unpaired) electrons. The van der Waals surface area contributed by atoms with Crippen LogP contribution in [0.2, 0.25) is 49.6 Å². The predicted molar refractivity (Wildman–Crippen MR) is 368 cm³/mol. The van der Waals surface area contributed by atoms with Crippen molar-refractivity contribution in [2.45, 2.75) is 226 Å².